The van der Waals surface area contributed by atoms with Gasteiger partial charge in [0.2, 0.25) is 8.32 Å². The second-order valence-corrected chi connectivity index (χ2v) is 21.8. The summed E-state index contributed by atoms with van der Waals surface area (Å²) < 4.78 is 34.3. The summed E-state index contributed by atoms with van der Waals surface area (Å²) in [6.07, 6.45) is 7.95. The SMILES string of the molecule is CC(C)(C)OC(=O)NCCCCCCCCOc1ccc(Cc2nc3c(Cc4ccccc4)[nH]c(-c4ccc(O[Si](C)(C)C(C)(C)C)cc4)cn-3c2=O)cc1F. The van der Waals surface area contributed by atoms with Gasteiger partial charge in [0.05, 0.1) is 18.0 Å². The highest BCUT2D eigenvalue weighted by Gasteiger charge is 2.39. The maximum atomic E-state index is 15.2. The van der Waals surface area contributed by atoms with Crippen LogP contribution >= 0.6 is 0 Å². The van der Waals surface area contributed by atoms with Crippen LogP contribution in [0.5, 0.6) is 11.5 Å². The number of rotatable bonds is 17. The number of carbonyl (C=O) groups excluding carboxylic acids is 1. The number of alkyl carbamates (subject to hydrolysis) is 1. The van der Waals surface area contributed by atoms with Crippen LogP contribution in [0.4, 0.5) is 9.18 Å². The second-order valence-electron chi connectivity index (χ2n) is 17.1. The molecule has 0 aromatic heterocycles. The molecule has 0 saturated carbocycles. The van der Waals surface area contributed by atoms with Crippen LogP contribution in [-0.2, 0) is 17.6 Å². The van der Waals surface area contributed by atoms with E-state index < -0.39 is 19.7 Å². The first kappa shape index (κ1) is 42.2. The molecule has 11 heteroatoms. The molecule has 0 saturated heterocycles. The summed E-state index contributed by atoms with van der Waals surface area (Å²) in [4.78, 5) is 34.0. The molecule has 0 radical (unpaired) electrons. The molecule has 0 spiro atoms. The number of H-pyrrole nitrogens is 1. The van der Waals surface area contributed by atoms with Gasteiger partial charge in [0.1, 0.15) is 17.0 Å². The number of halogens is 1. The molecule has 0 bridgehead atoms. The van der Waals surface area contributed by atoms with Crippen LogP contribution in [0.2, 0.25) is 18.1 Å². The summed E-state index contributed by atoms with van der Waals surface area (Å²) in [7, 11) is -2.00. The Bertz CT molecular complexity index is 2060. The molecular formula is C45H59FN4O5Si. The van der Waals surface area contributed by atoms with E-state index in [0.717, 1.165) is 66.8 Å². The Morgan fingerprint density at radius 1 is 0.857 bits per heavy atom. The highest BCUT2D eigenvalue weighted by atomic mass is 28.4. The number of nitrogens with zero attached hydrogens (tertiary/aromatic N) is 2. The van der Waals surface area contributed by atoms with Crippen molar-refractivity contribution in [3.8, 4) is 28.6 Å². The minimum absolute atomic E-state index is 0.0792. The highest BCUT2D eigenvalue weighted by molar-refractivity contribution is 6.74. The van der Waals surface area contributed by atoms with Crippen molar-refractivity contribution in [2.24, 2.45) is 0 Å². The van der Waals surface area contributed by atoms with Gasteiger partial charge in [0.15, 0.2) is 17.4 Å². The summed E-state index contributed by atoms with van der Waals surface area (Å²) in [5.41, 5.74) is 3.85. The largest absolute Gasteiger partial charge is 0.544 e. The predicted octanol–water partition coefficient (Wildman–Crippen LogP) is 10.6. The van der Waals surface area contributed by atoms with E-state index in [1.165, 1.54) is 6.07 Å². The lowest BCUT2D eigenvalue weighted by Crippen LogP contribution is -2.43. The van der Waals surface area contributed by atoms with Crippen molar-refractivity contribution in [3.05, 3.63) is 118 Å². The zero-order valence-corrected chi connectivity index (χ0v) is 35.4. The van der Waals surface area contributed by atoms with Gasteiger partial charge in [-0.3, -0.25) is 9.36 Å². The number of nitrogens with one attached hydrogen (secondary N) is 2. The quantitative estimate of drug-likeness (QED) is 0.0718. The van der Waals surface area contributed by atoms with E-state index in [2.05, 4.69) is 56.3 Å². The molecule has 3 aromatic carbocycles. The van der Waals surface area contributed by atoms with Gasteiger partial charge < -0.3 is 24.2 Å². The van der Waals surface area contributed by atoms with Gasteiger partial charge in [-0.2, -0.15) is 0 Å². The molecule has 2 N–H and O–H groups in total. The number of imidazole rings is 1. The van der Waals surface area contributed by atoms with E-state index in [0.29, 0.717) is 36.6 Å². The molecule has 0 atom stereocenters. The number of aromatic amines is 1. The summed E-state index contributed by atoms with van der Waals surface area (Å²) in [6.45, 7) is 17.7. The maximum absolute atomic E-state index is 15.2. The molecule has 2 aliphatic heterocycles. The van der Waals surface area contributed by atoms with Crippen LogP contribution in [0, 0.1) is 5.82 Å². The molecule has 2 aliphatic rings. The van der Waals surface area contributed by atoms with Gasteiger partial charge in [0, 0.05) is 25.6 Å². The fourth-order valence-corrected chi connectivity index (χ4v) is 7.13. The summed E-state index contributed by atoms with van der Waals surface area (Å²) in [5.74, 6) is 1.12. The molecule has 300 valence electrons. The highest BCUT2D eigenvalue weighted by Crippen LogP contribution is 2.38. The number of ether oxygens (including phenoxy) is 2. The molecule has 3 aromatic rings. The van der Waals surface area contributed by atoms with Crippen molar-refractivity contribution < 1.29 is 23.1 Å². The first-order valence-electron chi connectivity index (χ1n) is 19.8. The van der Waals surface area contributed by atoms with Gasteiger partial charge >= 0.3 is 6.09 Å². The minimum Gasteiger partial charge on any atom is -0.544 e. The Morgan fingerprint density at radius 3 is 2.20 bits per heavy atom. The van der Waals surface area contributed by atoms with Crippen molar-refractivity contribution in [1.29, 1.82) is 0 Å². The standard InChI is InChI=1S/C45H59FN4O5Si/c1-44(2,3)54-43(52)47-26-16-11-9-10-12-17-27-53-40-25-20-33(28-36(40)46)30-38-42(51)50-31-39(48-37(41(50)49-38)29-32-18-14-13-15-19-32)34-21-23-35(24-22-34)55-56(7,8)45(4,5)6/h13-15,18-25,28,31,48H,9-12,16-17,26-27,29-30H2,1-8H3,(H,47,52). The van der Waals surface area contributed by atoms with Crippen molar-refractivity contribution in [1.82, 2.24) is 19.9 Å². The number of carbonyl (C=O) groups is 1. The lowest BCUT2D eigenvalue weighted by Gasteiger charge is -2.36. The van der Waals surface area contributed by atoms with Crippen LogP contribution in [0.25, 0.3) is 17.1 Å². The van der Waals surface area contributed by atoms with Gasteiger partial charge in [-0.25, -0.2) is 14.2 Å². The molecular weight excluding hydrogens is 724 g/mol. The van der Waals surface area contributed by atoms with Crippen LogP contribution in [0.1, 0.15) is 103 Å². The van der Waals surface area contributed by atoms with Crippen molar-refractivity contribution in [2.75, 3.05) is 13.2 Å². The predicted molar refractivity (Wildman–Crippen MR) is 225 cm³/mol. The van der Waals surface area contributed by atoms with Crippen LogP contribution in [0.15, 0.2) is 83.8 Å². The van der Waals surface area contributed by atoms with Gasteiger partial charge in [0.25, 0.3) is 5.56 Å². The molecule has 2 heterocycles. The molecule has 1 amide bonds. The molecule has 56 heavy (non-hydrogen) atoms. The number of benzene rings is 3. The third-order valence-corrected chi connectivity index (χ3v) is 14.5. The number of hydrogen-bond acceptors (Lipinski definition) is 6. The van der Waals surface area contributed by atoms with E-state index in [4.69, 9.17) is 18.9 Å². The fourth-order valence-electron chi connectivity index (χ4n) is 6.10. The van der Waals surface area contributed by atoms with Gasteiger partial charge in [-0.15, -0.1) is 0 Å². The zero-order valence-electron chi connectivity index (χ0n) is 34.4. The first-order chi connectivity index (χ1) is 26.5. The number of amides is 1. The normalized spacial score (nSPS) is 12.2. The zero-order chi connectivity index (χ0) is 40.5. The number of aromatic nitrogens is 3. The van der Waals surface area contributed by atoms with Crippen LogP contribution in [0.3, 0.4) is 0 Å². The monoisotopic (exact) mass is 782 g/mol. The van der Waals surface area contributed by atoms with E-state index in [1.54, 1.807) is 22.9 Å². The molecule has 5 rings (SSSR count). The third kappa shape index (κ3) is 11.8. The Kier molecular flexibility index (Phi) is 13.9. The van der Waals surface area contributed by atoms with Crippen LogP contribution in [-0.4, -0.2) is 47.7 Å². The van der Waals surface area contributed by atoms with Crippen LogP contribution < -0.4 is 20.0 Å². The maximum Gasteiger partial charge on any atom is 0.407 e. The van der Waals surface area contributed by atoms with E-state index in [1.807, 2.05) is 63.2 Å². The lowest BCUT2D eigenvalue weighted by atomic mass is 10.1. The number of unbranched alkanes of at least 4 members (excludes halogenated alkanes) is 5. The number of hydrogen-bond donors (Lipinski definition) is 2. The number of fused-ring (bicyclic) bond motifs is 1. The first-order valence-corrected chi connectivity index (χ1v) is 22.7. The van der Waals surface area contributed by atoms with Gasteiger partial charge in [-0.05, 0) is 105 Å². The average Bonchev–Trinajstić information content (AvgIpc) is 3.43. The molecule has 0 unspecified atom stereocenters. The average molecular weight is 783 g/mol. The van der Waals surface area contributed by atoms with Crippen molar-refractivity contribution in [3.63, 3.8) is 0 Å². The summed E-state index contributed by atoms with van der Waals surface area (Å²) in [5, 5.41) is 2.87. The van der Waals surface area contributed by atoms with Gasteiger partial charge in [-0.1, -0.05) is 82.9 Å². The Labute approximate surface area is 332 Å². The smallest absolute Gasteiger partial charge is 0.407 e. The topological polar surface area (TPSA) is 107 Å². The second kappa shape index (κ2) is 18.4. The third-order valence-electron chi connectivity index (χ3n) is 10.2. The van der Waals surface area contributed by atoms with Crippen molar-refractivity contribution >= 4 is 14.4 Å². The summed E-state index contributed by atoms with van der Waals surface area (Å²) in [6, 6.07) is 22.9. The van der Waals surface area contributed by atoms with E-state index in [-0.39, 0.29) is 28.9 Å². The summed E-state index contributed by atoms with van der Waals surface area (Å²) >= 11 is 0. The van der Waals surface area contributed by atoms with E-state index in [9.17, 15) is 9.59 Å². The molecule has 9 nitrogen and oxygen atoms in total. The van der Waals surface area contributed by atoms with E-state index >= 15 is 4.39 Å². The lowest BCUT2D eigenvalue weighted by molar-refractivity contribution is 0.0527. The minimum atomic E-state index is -2.00. The fraction of sp³-hybridized carbons (Fsp3) is 0.444. The Morgan fingerprint density at radius 2 is 1.54 bits per heavy atom. The molecule has 0 fully saturated rings. The molecule has 0 aliphatic carbocycles. The Balaban J connectivity index is 1.21. The Hall–Kier alpha value is -4.90. The van der Waals surface area contributed by atoms with Crippen molar-refractivity contribution in [2.45, 2.75) is 117 Å².